The molecule has 0 saturated heterocycles. The number of alkyl carbamates (subject to hydrolysis) is 1. The number of benzene rings is 1. The average Bonchev–Trinajstić information content (AvgIpc) is 2.82. The lowest BCUT2D eigenvalue weighted by molar-refractivity contribution is -0.145. The molecular weight excluding hydrogens is 470 g/mol. The Balaban J connectivity index is 0.00000596. The molecule has 36 heavy (non-hydrogen) atoms. The van der Waals surface area contributed by atoms with Crippen LogP contribution in [-0.4, -0.2) is 56.1 Å². The molecule has 1 N–H and O–H groups in total. The normalized spacial score (nSPS) is 11.2. The maximum Gasteiger partial charge on any atom is 0.407 e. The molecule has 1 unspecified atom stereocenters. The van der Waals surface area contributed by atoms with Gasteiger partial charge in [0.2, 0.25) is 0 Å². The molecule has 1 rings (SSSR count). The van der Waals surface area contributed by atoms with E-state index in [0.717, 1.165) is 0 Å². The van der Waals surface area contributed by atoms with E-state index < -0.39 is 24.1 Å². The van der Waals surface area contributed by atoms with Crippen molar-refractivity contribution in [2.24, 2.45) is 5.41 Å². The topological polar surface area (TPSA) is 134 Å². The average molecular weight is 510 g/mol. The van der Waals surface area contributed by atoms with Gasteiger partial charge in [-0.05, 0) is 43.4 Å². The molecule has 0 radical (unpaired) electrons. The molecule has 1 amide bonds. The van der Waals surface area contributed by atoms with Crippen LogP contribution in [0.25, 0.3) is 0 Å². The third kappa shape index (κ3) is 13.5. The van der Waals surface area contributed by atoms with Gasteiger partial charge in [-0.25, -0.2) is 9.59 Å². The molecule has 0 spiro atoms. The van der Waals surface area contributed by atoms with Crippen LogP contribution in [0.15, 0.2) is 18.2 Å². The number of ether oxygens (including phenoxy) is 4. The van der Waals surface area contributed by atoms with Crippen molar-refractivity contribution < 1.29 is 42.9 Å². The van der Waals surface area contributed by atoms with Gasteiger partial charge in [0.25, 0.3) is 6.47 Å². The molecule has 0 fully saturated rings. The van der Waals surface area contributed by atoms with E-state index in [4.69, 9.17) is 14.2 Å². The summed E-state index contributed by atoms with van der Waals surface area (Å²) < 4.78 is 20.0. The van der Waals surface area contributed by atoms with E-state index in [-0.39, 0.29) is 61.6 Å². The Morgan fingerprint density at radius 1 is 1.08 bits per heavy atom. The fourth-order valence-electron chi connectivity index (χ4n) is 2.73. The van der Waals surface area contributed by atoms with Gasteiger partial charge < -0.3 is 24.3 Å². The molecule has 0 aliphatic heterocycles. The number of nitrogens with one attached hydrogen (secondary N) is 1. The highest BCUT2D eigenvalue weighted by atomic mass is 16.6. The Morgan fingerprint density at radius 2 is 1.75 bits per heavy atom. The van der Waals surface area contributed by atoms with Crippen molar-refractivity contribution in [1.29, 1.82) is 0 Å². The van der Waals surface area contributed by atoms with Crippen molar-refractivity contribution in [2.75, 3.05) is 19.8 Å². The highest BCUT2D eigenvalue weighted by molar-refractivity contribution is 5.97. The molecule has 1 aromatic carbocycles. The van der Waals surface area contributed by atoms with Gasteiger partial charge >= 0.3 is 18.0 Å². The number of Topliss-reactive ketones (excluding diaryl/α,β-unsaturated/α-hetero) is 1. The van der Waals surface area contributed by atoms with Crippen LogP contribution in [0.4, 0.5) is 4.79 Å². The minimum Gasteiger partial charge on any atom is -0.468 e. The lowest BCUT2D eigenvalue weighted by Gasteiger charge is -2.21. The lowest BCUT2D eigenvalue weighted by atomic mass is 9.99. The van der Waals surface area contributed by atoms with Crippen LogP contribution in [0.3, 0.4) is 0 Å². The van der Waals surface area contributed by atoms with Crippen molar-refractivity contribution in [3.8, 4) is 5.75 Å². The van der Waals surface area contributed by atoms with Crippen LogP contribution in [0.1, 0.15) is 77.2 Å². The Morgan fingerprint density at radius 3 is 2.31 bits per heavy atom. The second-order valence-corrected chi connectivity index (χ2v) is 8.72. The first-order chi connectivity index (χ1) is 17.0. The number of esters is 2. The molecule has 10 nitrogen and oxygen atoms in total. The summed E-state index contributed by atoms with van der Waals surface area (Å²) in [6.07, 6.45) is -0.452. The number of ketones is 1. The second kappa shape index (κ2) is 17.1. The van der Waals surface area contributed by atoms with Gasteiger partial charge in [0.05, 0.1) is 25.4 Å². The smallest absolute Gasteiger partial charge is 0.407 e. The summed E-state index contributed by atoms with van der Waals surface area (Å²) in [6, 6.07) is 3.48. The summed E-state index contributed by atoms with van der Waals surface area (Å²) in [6.45, 7) is 13.3. The molecular formula is C26H39NO9. The van der Waals surface area contributed by atoms with Crippen LogP contribution in [0.5, 0.6) is 5.75 Å². The first-order valence-corrected chi connectivity index (χ1v) is 12.0. The van der Waals surface area contributed by atoms with Crippen molar-refractivity contribution >= 4 is 30.3 Å². The van der Waals surface area contributed by atoms with E-state index >= 15 is 0 Å². The molecule has 0 aromatic heterocycles. The minimum absolute atomic E-state index is 0.00152. The van der Waals surface area contributed by atoms with Crippen molar-refractivity contribution in [3.63, 3.8) is 0 Å². The van der Waals surface area contributed by atoms with Gasteiger partial charge in [-0.15, -0.1) is 0 Å². The van der Waals surface area contributed by atoms with Gasteiger partial charge in [-0.2, -0.15) is 0 Å². The Bertz CT molecular complexity index is 875. The number of hydrogen-bond acceptors (Lipinski definition) is 9. The summed E-state index contributed by atoms with van der Waals surface area (Å²) in [5.74, 6) is -1.51. The van der Waals surface area contributed by atoms with Gasteiger partial charge in [0.1, 0.15) is 11.8 Å². The summed E-state index contributed by atoms with van der Waals surface area (Å²) in [4.78, 5) is 58.9. The van der Waals surface area contributed by atoms with Gasteiger partial charge in [0, 0.05) is 12.8 Å². The van der Waals surface area contributed by atoms with Crippen LogP contribution < -0.4 is 10.1 Å². The molecule has 0 aliphatic carbocycles. The molecule has 0 heterocycles. The monoisotopic (exact) mass is 509 g/mol. The summed E-state index contributed by atoms with van der Waals surface area (Å²) in [7, 11) is 0. The Hall–Kier alpha value is -3.43. The molecule has 1 atom stereocenters. The summed E-state index contributed by atoms with van der Waals surface area (Å²) in [5, 5.41) is 2.51. The highest BCUT2D eigenvalue weighted by Crippen LogP contribution is 2.23. The summed E-state index contributed by atoms with van der Waals surface area (Å²) in [5.41, 5.74) is 0.438. The Labute approximate surface area is 213 Å². The van der Waals surface area contributed by atoms with Crippen LogP contribution >= 0.6 is 0 Å². The van der Waals surface area contributed by atoms with Crippen LogP contribution in [0.2, 0.25) is 0 Å². The zero-order valence-electron chi connectivity index (χ0n) is 22.3. The summed E-state index contributed by atoms with van der Waals surface area (Å²) >= 11 is 0. The fourth-order valence-corrected chi connectivity index (χ4v) is 2.73. The zero-order chi connectivity index (χ0) is 27.7. The van der Waals surface area contributed by atoms with Crippen molar-refractivity contribution in [1.82, 2.24) is 5.32 Å². The highest BCUT2D eigenvalue weighted by Gasteiger charge is 2.25. The maximum absolute atomic E-state index is 12.4. The first kappa shape index (κ1) is 32.6. The molecule has 1 aromatic rings. The van der Waals surface area contributed by atoms with Gasteiger partial charge in [-0.1, -0.05) is 40.7 Å². The quantitative estimate of drug-likeness (QED) is 0.104. The third-order valence-corrected chi connectivity index (χ3v) is 4.30. The van der Waals surface area contributed by atoms with E-state index in [1.165, 1.54) is 19.1 Å². The molecule has 202 valence electrons. The third-order valence-electron chi connectivity index (χ3n) is 4.30. The van der Waals surface area contributed by atoms with E-state index in [9.17, 15) is 24.0 Å². The largest absolute Gasteiger partial charge is 0.468 e. The first-order valence-electron chi connectivity index (χ1n) is 12.0. The lowest BCUT2D eigenvalue weighted by Crippen LogP contribution is -2.44. The number of amides is 1. The number of carbonyl (C=O) groups is 5. The zero-order valence-corrected chi connectivity index (χ0v) is 22.3. The fraction of sp³-hybridized carbons (Fsp3) is 0.577. The predicted molar refractivity (Wildman–Crippen MR) is 133 cm³/mol. The van der Waals surface area contributed by atoms with E-state index in [0.29, 0.717) is 12.0 Å². The molecule has 0 bridgehead atoms. The van der Waals surface area contributed by atoms with E-state index in [1.807, 2.05) is 34.6 Å². The van der Waals surface area contributed by atoms with Gasteiger partial charge in [0.15, 0.2) is 5.78 Å². The van der Waals surface area contributed by atoms with Crippen LogP contribution in [-0.2, 0) is 35.0 Å². The van der Waals surface area contributed by atoms with Crippen molar-refractivity contribution in [3.05, 3.63) is 29.3 Å². The second-order valence-electron chi connectivity index (χ2n) is 8.72. The van der Waals surface area contributed by atoms with Crippen molar-refractivity contribution in [2.45, 2.75) is 73.8 Å². The number of carbonyl (C=O) groups excluding carboxylic acids is 5. The SMILES string of the molecule is CC.CCOC(=O)C(Cc1ccc(OC(=O)CCCOC=O)c(C(C)=O)c1)NC(=O)OCC(C)(C)C. The molecule has 0 saturated carbocycles. The standard InChI is InChI=1S/C24H33NO9.C2H6/c1-6-32-22(29)19(25-23(30)33-14-24(3,4)5)13-17-9-10-20(18(12-17)16(2)27)34-21(28)8-7-11-31-15-26;1-2/h9-10,12,15,19H,6-8,11,13-14H2,1-5H3,(H,25,30);1-2H3. The number of rotatable bonds is 13. The molecule has 10 heteroatoms. The van der Waals surface area contributed by atoms with Crippen LogP contribution in [0, 0.1) is 5.41 Å². The maximum atomic E-state index is 12.4. The molecule has 0 aliphatic rings. The number of hydrogen-bond donors (Lipinski definition) is 1. The van der Waals surface area contributed by atoms with Gasteiger partial charge in [-0.3, -0.25) is 14.4 Å². The van der Waals surface area contributed by atoms with E-state index in [2.05, 4.69) is 10.1 Å². The Kier molecular flexibility index (Phi) is 15.4. The predicted octanol–water partition coefficient (Wildman–Crippen LogP) is 4.02. The minimum atomic E-state index is -1.04. The van der Waals surface area contributed by atoms with E-state index in [1.54, 1.807) is 13.0 Å².